The number of benzene rings is 2. The van der Waals surface area contributed by atoms with Gasteiger partial charge in [-0.25, -0.2) is 4.79 Å². The van der Waals surface area contributed by atoms with E-state index in [1.54, 1.807) is 63.2 Å². The van der Waals surface area contributed by atoms with Gasteiger partial charge in [0, 0.05) is 27.2 Å². The van der Waals surface area contributed by atoms with Gasteiger partial charge in [-0.1, -0.05) is 23.7 Å². The Kier molecular flexibility index (Phi) is 5.36. The maximum atomic E-state index is 12.7. The van der Waals surface area contributed by atoms with Crippen molar-refractivity contribution >= 4 is 28.5 Å². The van der Waals surface area contributed by atoms with Gasteiger partial charge in [0.15, 0.2) is 0 Å². The number of amides is 1. The summed E-state index contributed by atoms with van der Waals surface area (Å²) in [5.74, 6) is 0. The highest BCUT2D eigenvalue weighted by molar-refractivity contribution is 6.30. The van der Waals surface area contributed by atoms with Crippen LogP contribution >= 0.6 is 11.6 Å². The highest BCUT2D eigenvalue weighted by atomic mass is 35.5. The zero-order valence-electron chi connectivity index (χ0n) is 16.3. The largest absolute Gasteiger partial charge is 0.465 e. The molecule has 148 valence electrons. The lowest BCUT2D eigenvalue weighted by Crippen LogP contribution is -2.44. The molecule has 0 spiro atoms. The lowest BCUT2D eigenvalue weighted by molar-refractivity contribution is 0.0948. The van der Waals surface area contributed by atoms with Crippen molar-refractivity contribution in [2.45, 2.75) is 32.9 Å². The van der Waals surface area contributed by atoms with Crippen LogP contribution in [-0.4, -0.2) is 26.6 Å². The lowest BCUT2D eigenvalue weighted by atomic mass is 9.95. The van der Waals surface area contributed by atoms with Gasteiger partial charge in [-0.15, -0.1) is 0 Å². The van der Waals surface area contributed by atoms with Crippen molar-refractivity contribution in [2.75, 3.05) is 0 Å². The van der Waals surface area contributed by atoms with Gasteiger partial charge in [-0.2, -0.15) is 5.26 Å². The predicted molar refractivity (Wildman–Crippen MR) is 113 cm³/mol. The molecule has 1 amide bonds. The number of aromatic amines is 1. The van der Waals surface area contributed by atoms with Crippen LogP contribution in [0, 0.1) is 11.3 Å². The van der Waals surface area contributed by atoms with Crippen LogP contribution in [0.4, 0.5) is 4.79 Å². The summed E-state index contributed by atoms with van der Waals surface area (Å²) in [6.07, 6.45) is -1.09. The third kappa shape index (κ3) is 4.10. The molecule has 1 aromatic heterocycles. The van der Waals surface area contributed by atoms with E-state index in [9.17, 15) is 20.0 Å². The molecule has 0 aliphatic rings. The second kappa shape index (κ2) is 7.61. The third-order valence-electron chi connectivity index (χ3n) is 4.72. The molecule has 0 aliphatic carbocycles. The van der Waals surface area contributed by atoms with E-state index in [4.69, 9.17) is 11.6 Å². The van der Waals surface area contributed by atoms with Crippen LogP contribution in [0.2, 0.25) is 5.02 Å². The van der Waals surface area contributed by atoms with Crippen LogP contribution in [0.1, 0.15) is 32.0 Å². The topological polar surface area (TPSA) is 97.2 Å². The number of halogens is 1. The highest BCUT2D eigenvalue weighted by Gasteiger charge is 2.28. The van der Waals surface area contributed by atoms with Gasteiger partial charge in [0.25, 0.3) is 5.56 Å². The molecule has 7 heteroatoms. The average molecular weight is 410 g/mol. The fourth-order valence-electron chi connectivity index (χ4n) is 3.26. The van der Waals surface area contributed by atoms with Gasteiger partial charge in [-0.3, -0.25) is 9.69 Å². The second-order valence-electron chi connectivity index (χ2n) is 7.73. The summed E-state index contributed by atoms with van der Waals surface area (Å²) < 4.78 is 0. The number of H-pyrrole nitrogens is 1. The number of pyridine rings is 1. The van der Waals surface area contributed by atoms with Gasteiger partial charge in [-0.05, 0) is 62.1 Å². The summed E-state index contributed by atoms with van der Waals surface area (Å²) >= 11 is 6.03. The van der Waals surface area contributed by atoms with E-state index in [1.165, 1.54) is 4.90 Å². The minimum atomic E-state index is -1.09. The number of hydrogen-bond donors (Lipinski definition) is 2. The number of nitrogens with one attached hydrogen (secondary N) is 1. The van der Waals surface area contributed by atoms with Gasteiger partial charge >= 0.3 is 6.09 Å². The number of hydrogen-bond acceptors (Lipinski definition) is 3. The van der Waals surface area contributed by atoms with Crippen LogP contribution in [0.3, 0.4) is 0 Å². The third-order valence-corrected chi connectivity index (χ3v) is 4.97. The number of fused-ring (bicyclic) bond motifs is 1. The molecule has 0 radical (unpaired) electrons. The van der Waals surface area contributed by atoms with E-state index in [0.717, 1.165) is 5.56 Å². The molecule has 0 atom stereocenters. The standard InChI is InChI=1S/C22H20ClN3O3/c1-22(2,3)26(21(28)29)12-18-19(14-5-7-15(23)8-6-14)17-10-13(11-24)4-9-16(17)20(27)25-18/h4-10H,12H2,1-3H3,(H,25,27)(H,28,29). The molecule has 0 aliphatic heterocycles. The fraction of sp³-hybridized carbons (Fsp3) is 0.227. The van der Waals surface area contributed by atoms with Crippen LogP contribution in [-0.2, 0) is 6.54 Å². The molecule has 3 aromatic rings. The summed E-state index contributed by atoms with van der Waals surface area (Å²) in [6, 6.07) is 14.0. The van der Waals surface area contributed by atoms with Crippen molar-refractivity contribution in [3.8, 4) is 17.2 Å². The van der Waals surface area contributed by atoms with E-state index in [-0.39, 0.29) is 12.1 Å². The Morgan fingerprint density at radius 2 is 1.83 bits per heavy atom. The molecule has 29 heavy (non-hydrogen) atoms. The van der Waals surface area contributed by atoms with Crippen LogP contribution < -0.4 is 5.56 Å². The van der Waals surface area contributed by atoms with Crippen molar-refractivity contribution in [1.82, 2.24) is 9.88 Å². The molecule has 0 saturated heterocycles. The number of nitriles is 1. The van der Waals surface area contributed by atoms with E-state index in [0.29, 0.717) is 32.6 Å². The smallest absolute Gasteiger partial charge is 0.408 e. The van der Waals surface area contributed by atoms with Gasteiger partial charge in [0.2, 0.25) is 0 Å². The van der Waals surface area contributed by atoms with Crippen molar-refractivity contribution in [1.29, 1.82) is 5.26 Å². The van der Waals surface area contributed by atoms with Gasteiger partial charge in [0.1, 0.15) is 0 Å². The Balaban J connectivity index is 2.35. The molecule has 0 fully saturated rings. The Morgan fingerprint density at radius 3 is 2.38 bits per heavy atom. The van der Waals surface area contributed by atoms with E-state index < -0.39 is 11.6 Å². The Morgan fingerprint density at radius 1 is 1.17 bits per heavy atom. The molecule has 0 saturated carbocycles. The average Bonchev–Trinajstić information content (AvgIpc) is 2.65. The van der Waals surface area contributed by atoms with Crippen molar-refractivity contribution in [2.24, 2.45) is 0 Å². The Hall–Kier alpha value is -3.30. The van der Waals surface area contributed by atoms with Crippen molar-refractivity contribution < 1.29 is 9.90 Å². The maximum Gasteiger partial charge on any atom is 0.408 e. The lowest BCUT2D eigenvalue weighted by Gasteiger charge is -2.33. The maximum absolute atomic E-state index is 12.7. The quantitative estimate of drug-likeness (QED) is 0.636. The summed E-state index contributed by atoms with van der Waals surface area (Å²) in [4.78, 5) is 28.7. The van der Waals surface area contributed by atoms with E-state index in [2.05, 4.69) is 11.1 Å². The van der Waals surface area contributed by atoms with Crippen molar-refractivity contribution in [3.05, 3.63) is 69.1 Å². The highest BCUT2D eigenvalue weighted by Crippen LogP contribution is 2.32. The van der Waals surface area contributed by atoms with Crippen LogP contribution in [0.25, 0.3) is 21.9 Å². The molecule has 0 unspecified atom stereocenters. The monoisotopic (exact) mass is 409 g/mol. The number of rotatable bonds is 3. The first-order valence-corrected chi connectivity index (χ1v) is 9.35. The summed E-state index contributed by atoms with van der Waals surface area (Å²) in [6.45, 7) is 5.35. The molecule has 1 heterocycles. The molecule has 3 rings (SSSR count). The van der Waals surface area contributed by atoms with Gasteiger partial charge in [0.05, 0.1) is 18.2 Å². The molecular weight excluding hydrogens is 390 g/mol. The van der Waals surface area contributed by atoms with Crippen LogP contribution in [0.15, 0.2) is 47.3 Å². The molecule has 0 bridgehead atoms. The van der Waals surface area contributed by atoms with E-state index >= 15 is 0 Å². The second-order valence-corrected chi connectivity index (χ2v) is 8.16. The predicted octanol–water partition coefficient (Wildman–Crippen LogP) is 5.00. The molecular formula is C22H20ClN3O3. The first kappa shape index (κ1) is 20.4. The summed E-state index contributed by atoms with van der Waals surface area (Å²) in [5.41, 5.74) is 1.29. The zero-order valence-corrected chi connectivity index (χ0v) is 17.0. The molecule has 2 aromatic carbocycles. The molecule has 2 N–H and O–H groups in total. The number of carbonyl (C=O) groups is 1. The van der Waals surface area contributed by atoms with Crippen LogP contribution in [0.5, 0.6) is 0 Å². The van der Waals surface area contributed by atoms with E-state index in [1.807, 2.05) is 0 Å². The SMILES string of the molecule is CC(C)(C)N(Cc1[nH]c(=O)c2ccc(C#N)cc2c1-c1ccc(Cl)cc1)C(=O)O. The zero-order chi connectivity index (χ0) is 21.3. The van der Waals surface area contributed by atoms with Gasteiger partial charge < -0.3 is 10.1 Å². The number of nitrogens with zero attached hydrogens (tertiary/aromatic N) is 2. The normalized spacial score (nSPS) is 11.3. The Labute approximate surface area is 173 Å². The Bertz CT molecular complexity index is 1190. The summed E-state index contributed by atoms with van der Waals surface area (Å²) in [7, 11) is 0. The minimum absolute atomic E-state index is 0.0151. The molecule has 6 nitrogen and oxygen atoms in total. The summed E-state index contributed by atoms with van der Waals surface area (Å²) in [5, 5.41) is 20.6. The number of aromatic nitrogens is 1. The minimum Gasteiger partial charge on any atom is -0.465 e. The number of carboxylic acid groups (broad SMARTS) is 1. The fourth-order valence-corrected chi connectivity index (χ4v) is 3.39. The first-order valence-electron chi connectivity index (χ1n) is 8.97. The first-order chi connectivity index (χ1) is 13.6. The van der Waals surface area contributed by atoms with Crippen molar-refractivity contribution in [3.63, 3.8) is 0 Å².